The van der Waals surface area contributed by atoms with Crippen molar-refractivity contribution in [1.82, 2.24) is 0 Å². The van der Waals surface area contributed by atoms with E-state index in [0.29, 0.717) is 5.69 Å². The van der Waals surface area contributed by atoms with Crippen LogP contribution < -0.4 is 4.90 Å². The first-order chi connectivity index (χ1) is 11.4. The third-order valence-electron chi connectivity index (χ3n) is 3.32. The number of carboxylic acids is 1. The van der Waals surface area contributed by atoms with Crippen molar-refractivity contribution in [1.29, 1.82) is 0 Å². The number of ether oxygens (including phenoxy) is 3. The SMILES string of the molecule is COC(=O)C1=C(C(=O)OC)N(c2ccc(C(=O)O)cc2Cl)COC1. The maximum atomic E-state index is 12.1. The Balaban J connectivity index is 2.57. The van der Waals surface area contributed by atoms with E-state index in [1.165, 1.54) is 37.3 Å². The summed E-state index contributed by atoms with van der Waals surface area (Å²) in [5.74, 6) is -2.65. The summed E-state index contributed by atoms with van der Waals surface area (Å²) in [5.41, 5.74) is 0.191. The van der Waals surface area contributed by atoms with Gasteiger partial charge < -0.3 is 24.2 Å². The Morgan fingerprint density at radius 3 is 2.42 bits per heavy atom. The zero-order chi connectivity index (χ0) is 17.9. The fourth-order valence-electron chi connectivity index (χ4n) is 2.19. The van der Waals surface area contributed by atoms with Crippen LogP contribution in [0.25, 0.3) is 0 Å². The fourth-order valence-corrected chi connectivity index (χ4v) is 2.48. The number of carbonyl (C=O) groups is 3. The van der Waals surface area contributed by atoms with E-state index in [1.54, 1.807) is 0 Å². The van der Waals surface area contributed by atoms with Gasteiger partial charge in [-0.2, -0.15) is 0 Å². The van der Waals surface area contributed by atoms with Crippen molar-refractivity contribution < 1.29 is 33.7 Å². The predicted octanol–water partition coefficient (Wildman–Crippen LogP) is 1.43. The molecule has 1 N–H and O–H groups in total. The van der Waals surface area contributed by atoms with Crippen LogP contribution in [0.4, 0.5) is 5.69 Å². The van der Waals surface area contributed by atoms with Crippen molar-refractivity contribution in [2.45, 2.75) is 0 Å². The van der Waals surface area contributed by atoms with Crippen molar-refractivity contribution >= 4 is 35.2 Å². The quantitative estimate of drug-likeness (QED) is 0.809. The number of benzene rings is 1. The number of hydrogen-bond donors (Lipinski definition) is 1. The molecule has 0 aromatic heterocycles. The molecular weight excluding hydrogens is 342 g/mol. The summed E-state index contributed by atoms with van der Waals surface area (Å²) >= 11 is 6.13. The van der Waals surface area contributed by atoms with Gasteiger partial charge in [0, 0.05) is 0 Å². The van der Waals surface area contributed by atoms with Crippen LogP contribution in [-0.2, 0) is 23.8 Å². The number of nitrogens with zero attached hydrogens (tertiary/aromatic N) is 1. The van der Waals surface area contributed by atoms with Gasteiger partial charge in [0.15, 0.2) is 0 Å². The summed E-state index contributed by atoms with van der Waals surface area (Å²) < 4.78 is 14.7. The minimum absolute atomic E-state index is 0.0153. The number of methoxy groups -OCH3 is 2. The molecule has 0 atom stereocenters. The Kier molecular flexibility index (Phi) is 5.42. The number of rotatable bonds is 4. The second kappa shape index (κ2) is 7.33. The van der Waals surface area contributed by atoms with Gasteiger partial charge in [0.05, 0.1) is 42.7 Å². The average Bonchev–Trinajstić information content (AvgIpc) is 2.59. The molecule has 1 aliphatic rings. The number of hydrogen-bond acceptors (Lipinski definition) is 7. The maximum Gasteiger partial charge on any atom is 0.355 e. The Hall–Kier alpha value is -2.58. The van der Waals surface area contributed by atoms with Crippen LogP contribution in [0.3, 0.4) is 0 Å². The largest absolute Gasteiger partial charge is 0.478 e. The number of aromatic carboxylic acids is 1. The van der Waals surface area contributed by atoms with E-state index < -0.39 is 17.9 Å². The van der Waals surface area contributed by atoms with Crippen molar-refractivity contribution in [3.63, 3.8) is 0 Å². The van der Waals surface area contributed by atoms with Crippen LogP contribution in [-0.4, -0.2) is 50.6 Å². The van der Waals surface area contributed by atoms with Crippen molar-refractivity contribution in [2.24, 2.45) is 0 Å². The first-order valence-electron chi connectivity index (χ1n) is 6.68. The second-order valence-corrected chi connectivity index (χ2v) is 5.09. The topological polar surface area (TPSA) is 102 Å². The molecule has 0 bridgehead atoms. The molecule has 1 aromatic carbocycles. The lowest BCUT2D eigenvalue weighted by molar-refractivity contribution is -0.140. The molecule has 2 rings (SSSR count). The summed E-state index contributed by atoms with van der Waals surface area (Å²) in [4.78, 5) is 36.4. The molecule has 0 saturated heterocycles. The number of anilines is 1. The van der Waals surface area contributed by atoms with Crippen LogP contribution in [0, 0.1) is 0 Å². The molecule has 0 fully saturated rings. The monoisotopic (exact) mass is 355 g/mol. The Bertz CT molecular complexity index is 729. The molecule has 1 aliphatic heterocycles. The van der Waals surface area contributed by atoms with E-state index in [1.807, 2.05) is 0 Å². The summed E-state index contributed by atoms with van der Waals surface area (Å²) in [6.45, 7) is -0.199. The lowest BCUT2D eigenvalue weighted by Crippen LogP contribution is -2.39. The summed E-state index contributed by atoms with van der Waals surface area (Å²) in [6, 6.07) is 3.98. The van der Waals surface area contributed by atoms with E-state index in [2.05, 4.69) is 4.74 Å². The Morgan fingerprint density at radius 2 is 1.88 bits per heavy atom. The minimum atomic E-state index is -1.14. The van der Waals surface area contributed by atoms with Crippen LogP contribution in [0.15, 0.2) is 29.5 Å². The highest BCUT2D eigenvalue weighted by atomic mass is 35.5. The van der Waals surface area contributed by atoms with Gasteiger partial charge in [-0.1, -0.05) is 11.6 Å². The number of esters is 2. The molecule has 9 heteroatoms. The van der Waals surface area contributed by atoms with Crippen LogP contribution >= 0.6 is 11.6 Å². The van der Waals surface area contributed by atoms with Crippen molar-refractivity contribution in [2.75, 3.05) is 32.5 Å². The van der Waals surface area contributed by atoms with E-state index in [9.17, 15) is 14.4 Å². The Labute approximate surface area is 142 Å². The molecule has 0 amide bonds. The maximum absolute atomic E-state index is 12.1. The third kappa shape index (κ3) is 3.34. The van der Waals surface area contributed by atoms with Gasteiger partial charge in [-0.3, -0.25) is 0 Å². The molecule has 1 heterocycles. The highest BCUT2D eigenvalue weighted by Crippen LogP contribution is 2.33. The van der Waals surface area contributed by atoms with Crippen molar-refractivity contribution in [3.8, 4) is 0 Å². The lowest BCUT2D eigenvalue weighted by atomic mass is 10.1. The van der Waals surface area contributed by atoms with E-state index >= 15 is 0 Å². The summed E-state index contributed by atoms with van der Waals surface area (Å²) in [6.07, 6.45) is 0. The first-order valence-corrected chi connectivity index (χ1v) is 7.06. The normalized spacial score (nSPS) is 14.4. The van der Waals surface area contributed by atoms with Gasteiger partial charge in [0.2, 0.25) is 0 Å². The number of carboxylic acid groups (broad SMARTS) is 1. The summed E-state index contributed by atoms with van der Waals surface area (Å²) in [5, 5.41) is 9.07. The van der Waals surface area contributed by atoms with Crippen LogP contribution in [0.5, 0.6) is 0 Å². The highest BCUT2D eigenvalue weighted by Gasteiger charge is 2.33. The molecule has 128 valence electrons. The highest BCUT2D eigenvalue weighted by molar-refractivity contribution is 6.33. The average molecular weight is 356 g/mol. The predicted molar refractivity (Wildman–Crippen MR) is 82.8 cm³/mol. The molecule has 0 spiro atoms. The van der Waals surface area contributed by atoms with Gasteiger partial charge in [-0.25, -0.2) is 14.4 Å². The molecule has 24 heavy (non-hydrogen) atoms. The number of carbonyl (C=O) groups excluding carboxylic acids is 2. The van der Waals surface area contributed by atoms with E-state index in [0.717, 1.165) is 0 Å². The van der Waals surface area contributed by atoms with Crippen LogP contribution in [0.2, 0.25) is 5.02 Å². The van der Waals surface area contributed by atoms with Gasteiger partial charge in [0.25, 0.3) is 0 Å². The first kappa shape index (κ1) is 17.8. The zero-order valence-electron chi connectivity index (χ0n) is 12.9. The molecular formula is C15H14ClNO7. The molecule has 1 aromatic rings. The lowest BCUT2D eigenvalue weighted by Gasteiger charge is -2.31. The smallest absolute Gasteiger partial charge is 0.355 e. The summed E-state index contributed by atoms with van der Waals surface area (Å²) in [7, 11) is 2.35. The molecule has 0 unspecified atom stereocenters. The van der Waals surface area contributed by atoms with E-state index in [4.69, 9.17) is 26.2 Å². The molecule has 0 saturated carbocycles. The second-order valence-electron chi connectivity index (χ2n) is 4.69. The molecule has 0 radical (unpaired) electrons. The molecule has 0 aliphatic carbocycles. The van der Waals surface area contributed by atoms with Gasteiger partial charge in [-0.05, 0) is 18.2 Å². The minimum Gasteiger partial charge on any atom is -0.478 e. The zero-order valence-corrected chi connectivity index (χ0v) is 13.6. The van der Waals surface area contributed by atoms with Gasteiger partial charge in [0.1, 0.15) is 12.4 Å². The van der Waals surface area contributed by atoms with E-state index in [-0.39, 0.29) is 35.2 Å². The van der Waals surface area contributed by atoms with Gasteiger partial charge in [-0.15, -0.1) is 0 Å². The van der Waals surface area contributed by atoms with Crippen LogP contribution in [0.1, 0.15) is 10.4 Å². The standard InChI is InChI=1S/C15H14ClNO7/c1-22-14(20)9-6-24-7-17(12(9)15(21)23-2)11-4-3-8(13(18)19)5-10(11)16/h3-5H,6-7H2,1-2H3,(H,18,19). The third-order valence-corrected chi connectivity index (χ3v) is 3.62. The van der Waals surface area contributed by atoms with Crippen molar-refractivity contribution in [3.05, 3.63) is 40.1 Å². The molecule has 8 nitrogen and oxygen atoms in total. The fraction of sp³-hybridized carbons (Fsp3) is 0.267. The number of halogens is 1. The Morgan fingerprint density at radius 1 is 1.21 bits per heavy atom. The van der Waals surface area contributed by atoms with Gasteiger partial charge >= 0.3 is 17.9 Å².